The lowest BCUT2D eigenvalue weighted by atomic mass is 9.96. The van der Waals surface area contributed by atoms with Crippen LogP contribution in [0.5, 0.6) is 0 Å². The topological polar surface area (TPSA) is 72.7 Å². The molecule has 0 saturated carbocycles. The van der Waals surface area contributed by atoms with Crippen LogP contribution >= 0.6 is 0 Å². The second-order valence-electron chi connectivity index (χ2n) is 5.03. The molecule has 2 aliphatic rings. The molecule has 0 aromatic heterocycles. The minimum absolute atomic E-state index is 0.153. The standard InChI is InChI=1S/C14H14N2O4/c17-12-6-7-14(8-9-15(18)19)10-20-13(16(12)14)11-4-2-1-3-5-11/h1-7,13H,8-10H2/t13-,14+/m1/s1. The molecule has 1 fully saturated rings. The highest BCUT2D eigenvalue weighted by Crippen LogP contribution is 2.43. The molecule has 2 aliphatic heterocycles. The van der Waals surface area contributed by atoms with Gasteiger partial charge in [-0.25, -0.2) is 0 Å². The van der Waals surface area contributed by atoms with E-state index in [1.165, 1.54) is 6.08 Å². The molecule has 0 aliphatic carbocycles. The van der Waals surface area contributed by atoms with Crippen LogP contribution in [0.25, 0.3) is 0 Å². The molecule has 0 radical (unpaired) electrons. The highest BCUT2D eigenvalue weighted by molar-refractivity contribution is 5.92. The Bertz CT molecular complexity index is 572. The van der Waals surface area contributed by atoms with Crippen molar-refractivity contribution < 1.29 is 14.5 Å². The first-order valence-electron chi connectivity index (χ1n) is 6.43. The minimum Gasteiger partial charge on any atom is -0.351 e. The van der Waals surface area contributed by atoms with Crippen LogP contribution in [-0.4, -0.2) is 34.4 Å². The fourth-order valence-corrected chi connectivity index (χ4v) is 2.79. The van der Waals surface area contributed by atoms with Crippen LogP contribution in [0.4, 0.5) is 0 Å². The maximum Gasteiger partial charge on any atom is 0.249 e. The van der Waals surface area contributed by atoms with Gasteiger partial charge in [0.2, 0.25) is 12.5 Å². The fraction of sp³-hybridized carbons (Fsp3) is 0.357. The van der Waals surface area contributed by atoms with Crippen LogP contribution in [0, 0.1) is 10.1 Å². The second-order valence-corrected chi connectivity index (χ2v) is 5.03. The summed E-state index contributed by atoms with van der Waals surface area (Å²) in [6.45, 7) is 0.113. The Morgan fingerprint density at radius 3 is 2.85 bits per heavy atom. The van der Waals surface area contributed by atoms with E-state index in [0.717, 1.165) is 5.56 Å². The van der Waals surface area contributed by atoms with E-state index in [9.17, 15) is 14.9 Å². The number of amides is 1. The van der Waals surface area contributed by atoms with Gasteiger partial charge in [0.25, 0.3) is 0 Å². The number of hydrogen-bond acceptors (Lipinski definition) is 4. The highest BCUT2D eigenvalue weighted by Gasteiger charge is 2.52. The summed E-state index contributed by atoms with van der Waals surface area (Å²) in [5, 5.41) is 10.6. The second kappa shape index (κ2) is 4.72. The van der Waals surface area contributed by atoms with Crippen molar-refractivity contribution in [1.82, 2.24) is 4.90 Å². The number of rotatable bonds is 4. The number of carbonyl (C=O) groups excluding carboxylic acids is 1. The molecule has 1 saturated heterocycles. The number of fused-ring (bicyclic) bond motifs is 1. The molecule has 0 unspecified atom stereocenters. The molecule has 1 amide bonds. The first kappa shape index (κ1) is 12.8. The maximum absolute atomic E-state index is 12.1. The fourth-order valence-electron chi connectivity index (χ4n) is 2.79. The van der Waals surface area contributed by atoms with Crippen molar-refractivity contribution in [3.05, 3.63) is 58.2 Å². The van der Waals surface area contributed by atoms with Crippen LogP contribution < -0.4 is 0 Å². The van der Waals surface area contributed by atoms with Crippen LogP contribution in [0.1, 0.15) is 18.2 Å². The van der Waals surface area contributed by atoms with Gasteiger partial charge >= 0.3 is 0 Å². The third kappa shape index (κ3) is 1.98. The Labute approximate surface area is 115 Å². The Morgan fingerprint density at radius 1 is 1.40 bits per heavy atom. The zero-order valence-electron chi connectivity index (χ0n) is 10.8. The van der Waals surface area contributed by atoms with Gasteiger partial charge in [-0.15, -0.1) is 0 Å². The molecule has 0 spiro atoms. The van der Waals surface area contributed by atoms with Gasteiger partial charge in [-0.3, -0.25) is 19.8 Å². The number of hydrogen-bond donors (Lipinski definition) is 0. The largest absolute Gasteiger partial charge is 0.351 e. The summed E-state index contributed by atoms with van der Waals surface area (Å²) in [6.07, 6.45) is 3.02. The van der Waals surface area contributed by atoms with Crippen LogP contribution in [0.2, 0.25) is 0 Å². The lowest BCUT2D eigenvalue weighted by Crippen LogP contribution is -2.45. The van der Waals surface area contributed by atoms with Crippen molar-refractivity contribution in [2.24, 2.45) is 0 Å². The third-order valence-corrected chi connectivity index (χ3v) is 3.79. The summed E-state index contributed by atoms with van der Waals surface area (Å²) in [4.78, 5) is 23.9. The van der Waals surface area contributed by atoms with E-state index in [1.807, 2.05) is 30.3 Å². The normalized spacial score (nSPS) is 27.9. The first-order chi connectivity index (χ1) is 9.62. The van der Waals surface area contributed by atoms with Crippen molar-refractivity contribution in [2.75, 3.05) is 13.2 Å². The lowest BCUT2D eigenvalue weighted by molar-refractivity contribution is -0.482. The Kier molecular flexibility index (Phi) is 3.02. The molecule has 2 atom stereocenters. The Hall–Kier alpha value is -2.21. The summed E-state index contributed by atoms with van der Waals surface area (Å²) in [6, 6.07) is 9.43. The molecule has 0 bridgehead atoms. The summed E-state index contributed by atoms with van der Waals surface area (Å²) >= 11 is 0. The molecule has 104 valence electrons. The number of nitrogens with zero attached hydrogens (tertiary/aromatic N) is 2. The zero-order valence-corrected chi connectivity index (χ0v) is 10.8. The van der Waals surface area contributed by atoms with E-state index in [0.29, 0.717) is 6.61 Å². The average Bonchev–Trinajstić information content (AvgIpc) is 2.97. The van der Waals surface area contributed by atoms with Crippen LogP contribution in [0.15, 0.2) is 42.5 Å². The number of nitro groups is 1. The van der Waals surface area contributed by atoms with E-state index in [2.05, 4.69) is 0 Å². The Morgan fingerprint density at radius 2 is 2.15 bits per heavy atom. The van der Waals surface area contributed by atoms with Gasteiger partial charge < -0.3 is 4.74 Å². The van der Waals surface area contributed by atoms with E-state index in [-0.39, 0.29) is 23.8 Å². The molecule has 0 N–H and O–H groups in total. The number of ether oxygens (including phenoxy) is 1. The zero-order chi connectivity index (χ0) is 14.2. The summed E-state index contributed by atoms with van der Waals surface area (Å²) in [5.74, 6) is -0.153. The minimum atomic E-state index is -0.676. The first-order valence-corrected chi connectivity index (χ1v) is 6.43. The average molecular weight is 274 g/mol. The van der Waals surface area contributed by atoms with Crippen molar-refractivity contribution >= 4 is 5.91 Å². The predicted octanol–water partition coefficient (Wildman–Crippen LogP) is 1.52. The van der Waals surface area contributed by atoms with E-state index >= 15 is 0 Å². The van der Waals surface area contributed by atoms with E-state index < -0.39 is 11.8 Å². The smallest absolute Gasteiger partial charge is 0.249 e. The van der Waals surface area contributed by atoms with Gasteiger partial charge in [0.15, 0.2) is 6.23 Å². The monoisotopic (exact) mass is 274 g/mol. The summed E-state index contributed by atoms with van der Waals surface area (Å²) in [5.41, 5.74) is 0.206. The molecule has 3 rings (SSSR count). The summed E-state index contributed by atoms with van der Waals surface area (Å²) < 4.78 is 5.74. The number of carbonyl (C=O) groups is 1. The van der Waals surface area contributed by atoms with Gasteiger partial charge in [0.1, 0.15) is 0 Å². The molecule has 20 heavy (non-hydrogen) atoms. The van der Waals surface area contributed by atoms with E-state index in [1.54, 1.807) is 11.0 Å². The third-order valence-electron chi connectivity index (χ3n) is 3.79. The molecule has 1 aromatic carbocycles. The van der Waals surface area contributed by atoms with Crippen molar-refractivity contribution in [3.63, 3.8) is 0 Å². The van der Waals surface area contributed by atoms with Crippen molar-refractivity contribution in [2.45, 2.75) is 18.2 Å². The number of benzene rings is 1. The molecule has 6 heteroatoms. The van der Waals surface area contributed by atoms with Gasteiger partial charge in [-0.1, -0.05) is 36.4 Å². The maximum atomic E-state index is 12.1. The van der Waals surface area contributed by atoms with Crippen LogP contribution in [0.3, 0.4) is 0 Å². The van der Waals surface area contributed by atoms with Gasteiger partial charge in [0.05, 0.1) is 12.1 Å². The molecule has 1 aromatic rings. The van der Waals surface area contributed by atoms with E-state index in [4.69, 9.17) is 4.74 Å². The summed E-state index contributed by atoms with van der Waals surface area (Å²) in [7, 11) is 0. The quantitative estimate of drug-likeness (QED) is 0.616. The van der Waals surface area contributed by atoms with Crippen LogP contribution in [-0.2, 0) is 9.53 Å². The van der Waals surface area contributed by atoms with Gasteiger partial charge in [-0.05, 0) is 0 Å². The SMILES string of the molecule is O=C1C=C[C@]2(CC[N+](=O)[O-])CO[C@H](c3ccccc3)N12. The predicted molar refractivity (Wildman–Crippen MR) is 70.3 cm³/mol. The van der Waals surface area contributed by atoms with Gasteiger partial charge in [-0.2, -0.15) is 0 Å². The van der Waals surface area contributed by atoms with Gasteiger partial charge in [0, 0.05) is 23.0 Å². The molecular formula is C14H14N2O4. The van der Waals surface area contributed by atoms with Crippen molar-refractivity contribution in [3.8, 4) is 0 Å². The molecular weight excluding hydrogens is 260 g/mol. The van der Waals surface area contributed by atoms with Crippen molar-refractivity contribution in [1.29, 1.82) is 0 Å². The Balaban J connectivity index is 1.88. The lowest BCUT2D eigenvalue weighted by Gasteiger charge is -2.31. The molecule has 6 nitrogen and oxygen atoms in total. The molecule has 2 heterocycles. The highest BCUT2D eigenvalue weighted by atomic mass is 16.6.